The number of esters is 1. The van der Waals surface area contributed by atoms with Gasteiger partial charge in [0.25, 0.3) is 0 Å². The van der Waals surface area contributed by atoms with Crippen LogP contribution in [0, 0.1) is 0 Å². The number of halogens is 2. The van der Waals surface area contributed by atoms with Crippen LogP contribution in [0.25, 0.3) is 0 Å². The van der Waals surface area contributed by atoms with Crippen molar-refractivity contribution in [3.63, 3.8) is 0 Å². The number of nitrogens with two attached hydrogens (primary N) is 1. The molecular weight excluding hydrogens is 317 g/mol. The fourth-order valence-corrected chi connectivity index (χ4v) is 2.12. The van der Waals surface area contributed by atoms with Crippen LogP contribution in [0.3, 0.4) is 0 Å². The van der Waals surface area contributed by atoms with Crippen molar-refractivity contribution in [3.8, 4) is 0 Å². The molecule has 110 valence electrons. The molecule has 6 nitrogen and oxygen atoms in total. The lowest BCUT2D eigenvalue weighted by molar-refractivity contribution is 0.0476. The van der Waals surface area contributed by atoms with E-state index in [2.05, 4.69) is 5.10 Å². The van der Waals surface area contributed by atoms with Gasteiger partial charge in [-0.1, -0.05) is 23.2 Å². The van der Waals surface area contributed by atoms with Gasteiger partial charge in [0.2, 0.25) is 5.78 Å². The second-order valence-electron chi connectivity index (χ2n) is 4.19. The lowest BCUT2D eigenvalue weighted by Gasteiger charge is -2.05. The number of ketones is 1. The quantitative estimate of drug-likeness (QED) is 0.688. The van der Waals surface area contributed by atoms with E-state index < -0.39 is 18.4 Å². The summed E-state index contributed by atoms with van der Waals surface area (Å²) in [5, 5.41) is 4.43. The monoisotopic (exact) mass is 327 g/mol. The number of Topliss-reactive ketones (excluding diaryl/α,β-unsaturated/α-hetero) is 1. The molecule has 0 aliphatic rings. The predicted octanol–water partition coefficient (Wildman–Crippen LogP) is 2.35. The third-order valence-corrected chi connectivity index (χ3v) is 3.32. The maximum Gasteiger partial charge on any atom is 0.343 e. The van der Waals surface area contributed by atoms with Crippen molar-refractivity contribution in [2.75, 3.05) is 12.3 Å². The molecule has 2 aromatic rings. The minimum absolute atomic E-state index is 0.104. The maximum atomic E-state index is 11.9. The Balaban J connectivity index is 2.04. The van der Waals surface area contributed by atoms with Crippen molar-refractivity contribution in [1.29, 1.82) is 0 Å². The zero-order valence-corrected chi connectivity index (χ0v) is 12.5. The molecule has 1 heterocycles. The van der Waals surface area contributed by atoms with Crippen LogP contribution in [0.5, 0.6) is 0 Å². The molecule has 0 saturated heterocycles. The van der Waals surface area contributed by atoms with Crippen LogP contribution < -0.4 is 5.73 Å². The molecule has 21 heavy (non-hydrogen) atoms. The van der Waals surface area contributed by atoms with Crippen molar-refractivity contribution < 1.29 is 14.3 Å². The highest BCUT2D eigenvalue weighted by atomic mass is 35.5. The third-order valence-electron chi connectivity index (χ3n) is 2.77. The predicted molar refractivity (Wildman–Crippen MR) is 78.7 cm³/mol. The lowest BCUT2D eigenvalue weighted by atomic mass is 10.1. The summed E-state index contributed by atoms with van der Waals surface area (Å²) in [7, 11) is 1.59. The molecule has 0 unspecified atom stereocenters. The number of hydrogen-bond donors (Lipinski definition) is 1. The third kappa shape index (κ3) is 3.34. The Bertz CT molecular complexity index is 713. The van der Waals surface area contributed by atoms with E-state index in [1.54, 1.807) is 7.05 Å². The summed E-state index contributed by atoms with van der Waals surface area (Å²) in [6.07, 6.45) is 1.28. The lowest BCUT2D eigenvalue weighted by Crippen LogP contribution is -2.15. The first kappa shape index (κ1) is 15.3. The Kier molecular flexibility index (Phi) is 4.50. The summed E-state index contributed by atoms with van der Waals surface area (Å²) in [6.45, 7) is -0.450. The number of benzene rings is 1. The molecule has 0 bridgehead atoms. The van der Waals surface area contributed by atoms with E-state index in [0.717, 1.165) is 0 Å². The van der Waals surface area contributed by atoms with E-state index in [-0.39, 0.29) is 22.0 Å². The number of aromatic nitrogens is 2. The number of nitrogen functional groups attached to an aromatic ring is 1. The van der Waals surface area contributed by atoms with Gasteiger partial charge in [-0.15, -0.1) is 0 Å². The van der Waals surface area contributed by atoms with E-state index >= 15 is 0 Å². The topological polar surface area (TPSA) is 87.2 Å². The molecule has 2 rings (SSSR count). The van der Waals surface area contributed by atoms with Crippen LogP contribution in [-0.4, -0.2) is 28.1 Å². The highest BCUT2D eigenvalue weighted by Gasteiger charge is 2.18. The first-order chi connectivity index (χ1) is 9.90. The van der Waals surface area contributed by atoms with Crippen LogP contribution >= 0.6 is 23.2 Å². The standard InChI is InChI=1S/C13H11Cl2N3O3/c1-18-12(16)9(5-17-18)13(20)21-6-11(19)8-3-2-7(14)4-10(8)15/h2-5H,6,16H2,1H3. The van der Waals surface area contributed by atoms with E-state index in [0.29, 0.717) is 5.02 Å². The van der Waals surface area contributed by atoms with Gasteiger partial charge in [-0.25, -0.2) is 4.79 Å². The Morgan fingerprint density at radius 3 is 2.62 bits per heavy atom. The molecule has 0 aliphatic carbocycles. The second-order valence-corrected chi connectivity index (χ2v) is 5.03. The van der Waals surface area contributed by atoms with Gasteiger partial charge in [0.05, 0.1) is 11.2 Å². The molecule has 0 fully saturated rings. The van der Waals surface area contributed by atoms with E-state index in [1.165, 1.54) is 29.1 Å². The maximum absolute atomic E-state index is 11.9. The van der Waals surface area contributed by atoms with Gasteiger partial charge in [-0.2, -0.15) is 5.10 Å². The Morgan fingerprint density at radius 2 is 2.05 bits per heavy atom. The zero-order valence-electron chi connectivity index (χ0n) is 11.0. The molecule has 0 atom stereocenters. The van der Waals surface area contributed by atoms with Gasteiger partial charge in [-0.05, 0) is 18.2 Å². The Morgan fingerprint density at radius 1 is 1.33 bits per heavy atom. The molecule has 8 heteroatoms. The van der Waals surface area contributed by atoms with E-state index in [9.17, 15) is 9.59 Å². The van der Waals surface area contributed by atoms with Gasteiger partial charge >= 0.3 is 5.97 Å². The van der Waals surface area contributed by atoms with Crippen molar-refractivity contribution in [2.24, 2.45) is 7.05 Å². The fourth-order valence-electron chi connectivity index (χ4n) is 1.61. The number of carbonyl (C=O) groups excluding carboxylic acids is 2. The van der Waals surface area contributed by atoms with Gasteiger partial charge in [0.15, 0.2) is 6.61 Å². The molecule has 0 saturated carbocycles. The highest BCUT2D eigenvalue weighted by molar-refractivity contribution is 6.36. The number of ether oxygens (including phenoxy) is 1. The molecule has 0 aliphatic heterocycles. The SMILES string of the molecule is Cn1ncc(C(=O)OCC(=O)c2ccc(Cl)cc2Cl)c1N. The van der Waals surface area contributed by atoms with Crippen LogP contribution in [0.4, 0.5) is 5.82 Å². The first-order valence-electron chi connectivity index (χ1n) is 5.83. The summed E-state index contributed by atoms with van der Waals surface area (Å²) in [5.74, 6) is -0.997. The summed E-state index contributed by atoms with van der Waals surface area (Å²) >= 11 is 11.7. The minimum atomic E-state index is -0.723. The van der Waals surface area contributed by atoms with Crippen molar-refractivity contribution >= 4 is 40.8 Å². The molecule has 1 aromatic heterocycles. The number of aryl methyl sites for hydroxylation is 1. The minimum Gasteiger partial charge on any atom is -0.454 e. The summed E-state index contributed by atoms with van der Waals surface area (Å²) in [4.78, 5) is 23.7. The van der Waals surface area contributed by atoms with Gasteiger partial charge in [-0.3, -0.25) is 9.48 Å². The number of nitrogens with zero attached hydrogens (tertiary/aromatic N) is 2. The smallest absolute Gasteiger partial charge is 0.343 e. The second kappa shape index (κ2) is 6.15. The largest absolute Gasteiger partial charge is 0.454 e. The summed E-state index contributed by atoms with van der Waals surface area (Å²) in [5.41, 5.74) is 5.97. The van der Waals surface area contributed by atoms with E-state index in [4.69, 9.17) is 33.7 Å². The van der Waals surface area contributed by atoms with E-state index in [1.807, 2.05) is 0 Å². The Labute approximate surface area is 130 Å². The van der Waals surface area contributed by atoms with Crippen molar-refractivity contribution in [3.05, 3.63) is 45.6 Å². The zero-order chi connectivity index (χ0) is 15.6. The molecule has 0 radical (unpaired) electrons. The summed E-state index contributed by atoms with van der Waals surface area (Å²) in [6, 6.07) is 4.44. The normalized spacial score (nSPS) is 10.4. The number of anilines is 1. The molecule has 0 amide bonds. The highest BCUT2D eigenvalue weighted by Crippen LogP contribution is 2.21. The van der Waals surface area contributed by atoms with Gasteiger partial charge in [0, 0.05) is 17.6 Å². The van der Waals surface area contributed by atoms with Gasteiger partial charge in [0.1, 0.15) is 11.4 Å². The number of rotatable bonds is 4. The molecule has 2 N–H and O–H groups in total. The van der Waals surface area contributed by atoms with Crippen molar-refractivity contribution in [2.45, 2.75) is 0 Å². The average Bonchev–Trinajstić information content (AvgIpc) is 2.76. The average molecular weight is 328 g/mol. The first-order valence-corrected chi connectivity index (χ1v) is 6.58. The van der Waals surface area contributed by atoms with Gasteiger partial charge < -0.3 is 10.5 Å². The molecule has 1 aromatic carbocycles. The molecule has 0 spiro atoms. The van der Waals surface area contributed by atoms with Crippen LogP contribution in [0.1, 0.15) is 20.7 Å². The number of hydrogen-bond acceptors (Lipinski definition) is 5. The number of carbonyl (C=O) groups is 2. The van der Waals surface area contributed by atoms with Crippen LogP contribution in [0.2, 0.25) is 10.0 Å². The summed E-state index contributed by atoms with van der Waals surface area (Å²) < 4.78 is 6.24. The molecular formula is C13H11Cl2N3O3. The van der Waals surface area contributed by atoms with Crippen LogP contribution in [0.15, 0.2) is 24.4 Å². The van der Waals surface area contributed by atoms with Crippen molar-refractivity contribution in [1.82, 2.24) is 9.78 Å². The Hall–Kier alpha value is -2.05. The fraction of sp³-hybridized carbons (Fsp3) is 0.154. The van der Waals surface area contributed by atoms with Crippen LogP contribution in [-0.2, 0) is 11.8 Å².